The van der Waals surface area contributed by atoms with E-state index in [-0.39, 0.29) is 10.5 Å². The van der Waals surface area contributed by atoms with Crippen LogP contribution in [-0.2, 0) is 16.4 Å². The van der Waals surface area contributed by atoms with Crippen LogP contribution in [0.3, 0.4) is 0 Å². The summed E-state index contributed by atoms with van der Waals surface area (Å²) in [6.07, 6.45) is -4.06. The molecular weight excluding hydrogens is 378 g/mol. The number of rotatable bonds is 4. The molecule has 0 saturated carbocycles. The highest BCUT2D eigenvalue weighted by molar-refractivity contribution is 7.99. The molecule has 0 bridgehead atoms. The summed E-state index contributed by atoms with van der Waals surface area (Å²) in [6.45, 7) is 0. The molecule has 3 nitrogen and oxygen atoms in total. The first-order chi connectivity index (χ1) is 11.7. The summed E-state index contributed by atoms with van der Waals surface area (Å²) in [7, 11) is -4.40. The molecule has 0 fully saturated rings. The molecule has 0 saturated heterocycles. The van der Waals surface area contributed by atoms with E-state index in [1.807, 2.05) is 0 Å². The molecule has 1 heterocycles. The number of hydrogen-bond donors (Lipinski definition) is 1. The predicted octanol–water partition coefficient (Wildman–Crippen LogP) is 4.06. The predicted molar refractivity (Wildman–Crippen MR) is 86.4 cm³/mol. The molecule has 1 aliphatic rings. The third-order valence-corrected chi connectivity index (χ3v) is 6.30. The Balaban J connectivity index is 1.94. The van der Waals surface area contributed by atoms with Crippen LogP contribution >= 0.6 is 11.8 Å². The van der Waals surface area contributed by atoms with Gasteiger partial charge in [0.25, 0.3) is 0 Å². The van der Waals surface area contributed by atoms with Crippen molar-refractivity contribution in [2.24, 2.45) is 0 Å². The van der Waals surface area contributed by atoms with Gasteiger partial charge in [0.1, 0.15) is 11.9 Å². The Kier molecular flexibility index (Phi) is 4.82. The maximum absolute atomic E-state index is 13.3. The quantitative estimate of drug-likeness (QED) is 0.800. The van der Waals surface area contributed by atoms with E-state index in [9.17, 15) is 26.0 Å². The Hall–Kier alpha value is -1.58. The van der Waals surface area contributed by atoms with E-state index in [1.165, 1.54) is 23.9 Å². The zero-order chi connectivity index (χ0) is 18.2. The van der Waals surface area contributed by atoms with Crippen LogP contribution in [0.4, 0.5) is 17.6 Å². The van der Waals surface area contributed by atoms with E-state index in [1.54, 1.807) is 10.8 Å². The lowest BCUT2D eigenvalue weighted by Gasteiger charge is -2.22. The van der Waals surface area contributed by atoms with E-state index in [0.29, 0.717) is 0 Å². The van der Waals surface area contributed by atoms with Crippen molar-refractivity contribution in [2.75, 3.05) is 5.75 Å². The fourth-order valence-electron chi connectivity index (χ4n) is 2.52. The highest BCUT2D eigenvalue weighted by atomic mass is 32.2. The summed E-state index contributed by atoms with van der Waals surface area (Å²) in [5.41, 5.74) is 0.600. The average molecular weight is 391 g/mol. The van der Waals surface area contributed by atoms with Crippen molar-refractivity contribution in [1.82, 2.24) is 4.72 Å². The Morgan fingerprint density at radius 1 is 1.08 bits per heavy atom. The number of aryl methyl sites for hydroxylation is 1. The van der Waals surface area contributed by atoms with E-state index in [2.05, 4.69) is 0 Å². The normalized spacial score (nSPS) is 15.8. The summed E-state index contributed by atoms with van der Waals surface area (Å²) in [5.74, 6) is 0.107. The van der Waals surface area contributed by atoms with Crippen molar-refractivity contribution in [3.05, 3.63) is 59.4 Å². The van der Waals surface area contributed by atoms with Crippen molar-refractivity contribution in [3.8, 4) is 0 Å². The number of benzene rings is 2. The van der Waals surface area contributed by atoms with Crippen molar-refractivity contribution >= 4 is 21.8 Å². The Morgan fingerprint density at radius 3 is 2.40 bits per heavy atom. The monoisotopic (exact) mass is 391 g/mol. The molecule has 25 heavy (non-hydrogen) atoms. The average Bonchev–Trinajstić information content (AvgIpc) is 3.00. The first-order valence-corrected chi connectivity index (χ1v) is 9.74. The van der Waals surface area contributed by atoms with Gasteiger partial charge in [-0.1, -0.05) is 18.2 Å². The molecule has 1 N–H and O–H groups in total. The van der Waals surface area contributed by atoms with Crippen LogP contribution < -0.4 is 4.72 Å². The van der Waals surface area contributed by atoms with Crippen LogP contribution in [0.2, 0.25) is 0 Å². The second kappa shape index (κ2) is 6.62. The molecule has 0 radical (unpaired) electrons. The van der Waals surface area contributed by atoms with Gasteiger partial charge in [0.15, 0.2) is 0 Å². The molecule has 0 aromatic heterocycles. The first-order valence-electron chi connectivity index (χ1n) is 7.27. The lowest BCUT2D eigenvalue weighted by molar-refractivity contribution is -0.153. The maximum atomic E-state index is 13.3. The zero-order valence-corrected chi connectivity index (χ0v) is 14.3. The number of hydrogen-bond acceptors (Lipinski definition) is 3. The van der Waals surface area contributed by atoms with Crippen LogP contribution in [0.15, 0.2) is 52.3 Å². The molecule has 1 aliphatic heterocycles. The number of fused-ring (bicyclic) bond motifs is 1. The largest absolute Gasteiger partial charge is 0.408 e. The van der Waals surface area contributed by atoms with E-state index in [0.717, 1.165) is 46.9 Å². The lowest BCUT2D eigenvalue weighted by Crippen LogP contribution is -2.38. The summed E-state index contributed by atoms with van der Waals surface area (Å²) < 4.78 is 79.6. The van der Waals surface area contributed by atoms with Gasteiger partial charge in [0, 0.05) is 10.6 Å². The molecule has 0 amide bonds. The second-order valence-corrected chi connectivity index (χ2v) is 8.37. The minimum Gasteiger partial charge on any atom is -0.207 e. The van der Waals surface area contributed by atoms with E-state index >= 15 is 0 Å². The van der Waals surface area contributed by atoms with Gasteiger partial charge >= 0.3 is 6.18 Å². The Morgan fingerprint density at radius 2 is 1.76 bits per heavy atom. The van der Waals surface area contributed by atoms with Gasteiger partial charge in [-0.25, -0.2) is 12.8 Å². The van der Waals surface area contributed by atoms with Crippen LogP contribution in [0, 0.1) is 5.82 Å². The summed E-state index contributed by atoms with van der Waals surface area (Å²) in [6, 6.07) is 5.37. The molecule has 3 rings (SSSR count). The van der Waals surface area contributed by atoms with Crippen LogP contribution in [0.1, 0.15) is 17.2 Å². The highest BCUT2D eigenvalue weighted by Gasteiger charge is 2.43. The topological polar surface area (TPSA) is 46.2 Å². The van der Waals surface area contributed by atoms with Crippen molar-refractivity contribution in [1.29, 1.82) is 0 Å². The molecular formula is C16H13F4NO2S2. The highest BCUT2D eigenvalue weighted by Crippen LogP contribution is 2.36. The van der Waals surface area contributed by atoms with Gasteiger partial charge in [-0.3, -0.25) is 0 Å². The van der Waals surface area contributed by atoms with Crippen molar-refractivity contribution in [2.45, 2.75) is 28.4 Å². The minimum absolute atomic E-state index is 0.225. The fraction of sp³-hybridized carbons (Fsp3) is 0.250. The third kappa shape index (κ3) is 3.99. The number of halogens is 4. The van der Waals surface area contributed by atoms with Gasteiger partial charge in [-0.15, -0.1) is 11.8 Å². The number of alkyl halides is 3. The molecule has 2 aromatic rings. The zero-order valence-electron chi connectivity index (χ0n) is 12.7. The molecule has 0 aliphatic carbocycles. The molecule has 0 spiro atoms. The van der Waals surface area contributed by atoms with Gasteiger partial charge in [-0.2, -0.15) is 17.9 Å². The van der Waals surface area contributed by atoms with Gasteiger partial charge in [0.05, 0.1) is 4.90 Å². The SMILES string of the molecule is O=S(=O)(NC(c1ccc(F)cc1)C(F)(F)F)c1ccc2c(c1)SCC2. The van der Waals surface area contributed by atoms with E-state index < -0.39 is 28.1 Å². The van der Waals surface area contributed by atoms with Crippen LogP contribution in [0.25, 0.3) is 0 Å². The maximum Gasteiger partial charge on any atom is 0.408 e. The van der Waals surface area contributed by atoms with Crippen LogP contribution in [0.5, 0.6) is 0 Å². The number of nitrogens with one attached hydrogen (secondary N) is 1. The summed E-state index contributed by atoms with van der Waals surface area (Å²) >= 11 is 1.46. The van der Waals surface area contributed by atoms with Gasteiger partial charge < -0.3 is 0 Å². The molecule has 1 atom stereocenters. The Labute approximate surface area is 146 Å². The summed E-state index contributed by atoms with van der Waals surface area (Å²) in [4.78, 5) is 0.533. The Bertz CT molecular complexity index is 880. The fourth-order valence-corrected chi connectivity index (χ4v) is 4.93. The molecule has 2 aromatic carbocycles. The molecule has 134 valence electrons. The smallest absolute Gasteiger partial charge is 0.207 e. The third-order valence-electron chi connectivity index (χ3n) is 3.78. The molecule has 9 heteroatoms. The minimum atomic E-state index is -4.86. The number of thioether (sulfide) groups is 1. The van der Waals surface area contributed by atoms with Crippen LogP contribution in [-0.4, -0.2) is 20.3 Å². The molecule has 1 unspecified atom stereocenters. The van der Waals surface area contributed by atoms with Crippen molar-refractivity contribution < 1.29 is 26.0 Å². The second-order valence-electron chi connectivity index (χ2n) is 5.52. The first kappa shape index (κ1) is 18.2. The summed E-state index contributed by atoms with van der Waals surface area (Å²) in [5, 5.41) is 0. The number of sulfonamides is 1. The van der Waals surface area contributed by atoms with Crippen molar-refractivity contribution in [3.63, 3.8) is 0 Å². The van der Waals surface area contributed by atoms with E-state index in [4.69, 9.17) is 0 Å². The van der Waals surface area contributed by atoms with Gasteiger partial charge in [0.2, 0.25) is 10.0 Å². The standard InChI is InChI=1S/C16H13F4NO2S2/c17-12-4-1-11(2-5-12)15(16(18,19)20)21-25(22,23)13-6-3-10-7-8-24-14(10)9-13/h1-6,9,15,21H,7-8H2. The van der Waals surface area contributed by atoms with Gasteiger partial charge in [-0.05, 0) is 41.8 Å². The lowest BCUT2D eigenvalue weighted by atomic mass is 10.1.